The van der Waals surface area contributed by atoms with Crippen LogP contribution in [0.3, 0.4) is 0 Å². The summed E-state index contributed by atoms with van der Waals surface area (Å²) in [4.78, 5) is 15.1. The second-order valence-electron chi connectivity index (χ2n) is 3.21. The molecule has 0 unspecified atom stereocenters. The Bertz CT molecular complexity index is 528. The van der Waals surface area contributed by atoms with Crippen LogP contribution < -0.4 is 4.74 Å². The lowest BCUT2D eigenvalue weighted by Crippen LogP contribution is -2.03. The van der Waals surface area contributed by atoms with Gasteiger partial charge in [0.1, 0.15) is 17.9 Å². The fourth-order valence-corrected chi connectivity index (χ4v) is 2.16. The van der Waals surface area contributed by atoms with Crippen molar-refractivity contribution in [1.29, 1.82) is 0 Å². The fraction of sp³-hybridized carbons (Fsp3) is 0.0909. The van der Waals surface area contributed by atoms with Crippen LogP contribution >= 0.6 is 27.3 Å². The summed E-state index contributed by atoms with van der Waals surface area (Å²) in [6, 6.07) is 4.88. The molecule has 0 aliphatic heterocycles. The van der Waals surface area contributed by atoms with Crippen molar-refractivity contribution < 1.29 is 14.6 Å². The van der Waals surface area contributed by atoms with E-state index in [1.54, 1.807) is 17.6 Å². The van der Waals surface area contributed by atoms with Gasteiger partial charge >= 0.3 is 5.97 Å². The smallest absolute Gasteiger partial charge is 0.339 e. The number of aromatic nitrogens is 1. The molecule has 1 heterocycles. The summed E-state index contributed by atoms with van der Waals surface area (Å²) in [6.45, 7) is 0.269. The molecule has 2 aromatic rings. The van der Waals surface area contributed by atoms with Crippen LogP contribution in [0.2, 0.25) is 0 Å². The summed E-state index contributed by atoms with van der Waals surface area (Å²) < 4.78 is 6.14. The van der Waals surface area contributed by atoms with Crippen LogP contribution in [0.1, 0.15) is 16.1 Å². The van der Waals surface area contributed by atoms with Gasteiger partial charge in [0.25, 0.3) is 0 Å². The van der Waals surface area contributed by atoms with Crippen LogP contribution in [0.15, 0.2) is 33.6 Å². The number of hydrogen-bond donors (Lipinski definition) is 1. The van der Waals surface area contributed by atoms with Gasteiger partial charge in [0, 0.05) is 9.85 Å². The van der Waals surface area contributed by atoms with Crippen molar-refractivity contribution in [3.05, 3.63) is 44.8 Å². The van der Waals surface area contributed by atoms with E-state index in [1.807, 2.05) is 5.38 Å². The molecule has 2 rings (SSSR count). The van der Waals surface area contributed by atoms with Crippen molar-refractivity contribution in [2.75, 3.05) is 0 Å². The molecule has 6 heteroatoms. The van der Waals surface area contributed by atoms with Gasteiger partial charge in [0.15, 0.2) is 0 Å². The van der Waals surface area contributed by atoms with E-state index in [2.05, 4.69) is 20.9 Å². The van der Waals surface area contributed by atoms with Gasteiger partial charge in [-0.25, -0.2) is 9.78 Å². The topological polar surface area (TPSA) is 59.4 Å². The van der Waals surface area contributed by atoms with Gasteiger partial charge in [-0.3, -0.25) is 0 Å². The lowest BCUT2D eigenvalue weighted by atomic mass is 10.2. The van der Waals surface area contributed by atoms with Gasteiger partial charge in [0.2, 0.25) is 0 Å². The molecule has 0 amide bonds. The Morgan fingerprint density at radius 2 is 2.35 bits per heavy atom. The summed E-state index contributed by atoms with van der Waals surface area (Å²) in [5, 5.41) is 10.9. The van der Waals surface area contributed by atoms with Crippen LogP contribution in [0.25, 0.3) is 0 Å². The molecular formula is C11H8BrNO3S. The summed E-state index contributed by atoms with van der Waals surface area (Å²) in [7, 11) is 0. The molecule has 88 valence electrons. The third-order valence-corrected chi connectivity index (χ3v) is 3.16. The number of hydrogen-bond acceptors (Lipinski definition) is 4. The van der Waals surface area contributed by atoms with Crippen molar-refractivity contribution in [3.8, 4) is 5.75 Å². The first-order chi connectivity index (χ1) is 8.16. The minimum atomic E-state index is -1.01. The Morgan fingerprint density at radius 3 is 3.00 bits per heavy atom. The first-order valence-electron chi connectivity index (χ1n) is 4.69. The predicted molar refractivity (Wildman–Crippen MR) is 67.5 cm³/mol. The molecule has 1 N–H and O–H groups in total. The Balaban J connectivity index is 2.17. The maximum Gasteiger partial charge on any atom is 0.339 e. The molecular weight excluding hydrogens is 306 g/mol. The lowest BCUT2D eigenvalue weighted by molar-refractivity contribution is 0.0691. The van der Waals surface area contributed by atoms with E-state index in [-0.39, 0.29) is 12.2 Å². The lowest BCUT2D eigenvalue weighted by Gasteiger charge is -2.08. The van der Waals surface area contributed by atoms with E-state index in [9.17, 15) is 4.79 Å². The number of rotatable bonds is 4. The number of carbonyl (C=O) groups is 1. The Morgan fingerprint density at radius 1 is 1.53 bits per heavy atom. The number of carboxylic acids is 1. The monoisotopic (exact) mass is 313 g/mol. The van der Waals surface area contributed by atoms with E-state index < -0.39 is 5.97 Å². The molecule has 0 fully saturated rings. The van der Waals surface area contributed by atoms with E-state index in [0.29, 0.717) is 10.2 Å². The molecule has 0 aliphatic carbocycles. The zero-order valence-electron chi connectivity index (χ0n) is 8.59. The number of thiazole rings is 1. The largest absolute Gasteiger partial charge is 0.486 e. The van der Waals surface area contributed by atoms with E-state index in [1.165, 1.54) is 17.4 Å². The molecule has 4 nitrogen and oxygen atoms in total. The minimum absolute atomic E-state index is 0.134. The quantitative estimate of drug-likeness (QED) is 0.941. The molecule has 0 saturated carbocycles. The summed E-state index contributed by atoms with van der Waals surface area (Å²) in [5.41, 5.74) is 2.63. The summed E-state index contributed by atoms with van der Waals surface area (Å²) >= 11 is 4.70. The van der Waals surface area contributed by atoms with Crippen LogP contribution in [-0.2, 0) is 6.61 Å². The molecule has 1 aromatic carbocycles. The number of carboxylic acid groups (broad SMARTS) is 1. The van der Waals surface area contributed by atoms with E-state index in [4.69, 9.17) is 9.84 Å². The normalized spacial score (nSPS) is 10.2. The Kier molecular flexibility index (Phi) is 3.75. The van der Waals surface area contributed by atoms with Crippen molar-refractivity contribution in [1.82, 2.24) is 4.98 Å². The second-order valence-corrected chi connectivity index (χ2v) is 4.85. The van der Waals surface area contributed by atoms with Gasteiger partial charge in [-0.15, -0.1) is 11.3 Å². The average Bonchev–Trinajstić information content (AvgIpc) is 2.80. The Hall–Kier alpha value is -1.40. The molecule has 0 aliphatic rings. The SMILES string of the molecule is O=C(O)c1cc(Br)ccc1OCc1cscn1. The fourth-order valence-electron chi connectivity index (χ4n) is 1.26. The van der Waals surface area contributed by atoms with Crippen LogP contribution in [-0.4, -0.2) is 16.1 Å². The molecule has 17 heavy (non-hydrogen) atoms. The molecule has 0 radical (unpaired) electrons. The van der Waals surface area contributed by atoms with Gasteiger partial charge in [-0.05, 0) is 18.2 Å². The highest BCUT2D eigenvalue weighted by Gasteiger charge is 2.12. The van der Waals surface area contributed by atoms with Crippen molar-refractivity contribution >= 4 is 33.2 Å². The maximum atomic E-state index is 11.0. The highest BCUT2D eigenvalue weighted by Crippen LogP contribution is 2.24. The molecule has 1 aromatic heterocycles. The highest BCUT2D eigenvalue weighted by molar-refractivity contribution is 9.10. The van der Waals surface area contributed by atoms with Gasteiger partial charge < -0.3 is 9.84 Å². The third-order valence-electron chi connectivity index (χ3n) is 2.03. The second kappa shape index (κ2) is 5.29. The maximum absolute atomic E-state index is 11.0. The van der Waals surface area contributed by atoms with Crippen LogP contribution in [0.5, 0.6) is 5.75 Å². The highest BCUT2D eigenvalue weighted by atomic mass is 79.9. The number of aromatic carboxylic acids is 1. The standard InChI is InChI=1S/C11H8BrNO3S/c12-7-1-2-10(9(3-7)11(14)15)16-4-8-5-17-6-13-8/h1-3,5-6H,4H2,(H,14,15). The first kappa shape index (κ1) is 12.1. The van der Waals surface area contributed by atoms with Gasteiger partial charge in [-0.2, -0.15) is 0 Å². The minimum Gasteiger partial charge on any atom is -0.486 e. The van der Waals surface area contributed by atoms with E-state index in [0.717, 1.165) is 5.69 Å². The first-order valence-corrected chi connectivity index (χ1v) is 6.43. The van der Waals surface area contributed by atoms with Crippen molar-refractivity contribution in [2.24, 2.45) is 0 Å². The Labute approximate surface area is 110 Å². The van der Waals surface area contributed by atoms with Gasteiger partial charge in [-0.1, -0.05) is 15.9 Å². The predicted octanol–water partition coefficient (Wildman–Crippen LogP) is 3.18. The average molecular weight is 314 g/mol. The summed E-state index contributed by atoms with van der Waals surface area (Å²) in [6.07, 6.45) is 0. The number of ether oxygens (including phenoxy) is 1. The van der Waals surface area contributed by atoms with Crippen LogP contribution in [0.4, 0.5) is 0 Å². The zero-order valence-corrected chi connectivity index (χ0v) is 11.0. The number of nitrogens with zero attached hydrogens (tertiary/aromatic N) is 1. The third kappa shape index (κ3) is 3.04. The number of benzene rings is 1. The summed E-state index contributed by atoms with van der Waals surface area (Å²) in [5.74, 6) is -0.673. The molecule has 0 saturated heterocycles. The van der Waals surface area contributed by atoms with Crippen LogP contribution in [0, 0.1) is 0 Å². The van der Waals surface area contributed by atoms with Crippen molar-refractivity contribution in [3.63, 3.8) is 0 Å². The van der Waals surface area contributed by atoms with Gasteiger partial charge in [0.05, 0.1) is 11.2 Å². The molecule has 0 spiro atoms. The molecule has 0 bridgehead atoms. The number of halogens is 1. The zero-order chi connectivity index (χ0) is 12.3. The van der Waals surface area contributed by atoms with E-state index >= 15 is 0 Å². The molecule has 0 atom stereocenters. The van der Waals surface area contributed by atoms with Crippen molar-refractivity contribution in [2.45, 2.75) is 6.61 Å².